The standard InChI is InChI=1S/C17H23N3O2S/c1-5-20(6-2)16(21)14-11(3)18-17(23)19-15(14)12-9-7-8-10-13(12)22-4/h7-10,15H,5-6H2,1-4H3,(H2,18,19,23)/t15-/m1/s1. The molecule has 0 saturated carbocycles. The molecule has 1 aliphatic heterocycles. The van der Waals surface area contributed by atoms with E-state index in [2.05, 4.69) is 10.6 Å². The van der Waals surface area contributed by atoms with Gasteiger partial charge in [-0.15, -0.1) is 0 Å². The SMILES string of the molecule is CCN(CC)C(=O)C1=C(C)NC(=S)N[C@@H]1c1ccccc1OC. The highest BCUT2D eigenvalue weighted by Gasteiger charge is 2.33. The van der Waals surface area contributed by atoms with Crippen molar-refractivity contribution in [3.63, 3.8) is 0 Å². The summed E-state index contributed by atoms with van der Waals surface area (Å²) in [4.78, 5) is 14.8. The Balaban J connectivity index is 2.52. The third-order valence-electron chi connectivity index (χ3n) is 4.00. The van der Waals surface area contributed by atoms with Crippen LogP contribution in [0.15, 0.2) is 35.5 Å². The summed E-state index contributed by atoms with van der Waals surface area (Å²) < 4.78 is 5.46. The number of para-hydroxylation sites is 1. The van der Waals surface area contributed by atoms with Crippen LogP contribution < -0.4 is 15.4 Å². The first-order valence-electron chi connectivity index (χ1n) is 7.73. The average molecular weight is 333 g/mol. The normalized spacial score (nSPS) is 17.4. The molecule has 2 N–H and O–H groups in total. The van der Waals surface area contributed by atoms with Crippen molar-refractivity contribution in [3.8, 4) is 5.75 Å². The lowest BCUT2D eigenvalue weighted by atomic mass is 9.93. The molecular weight excluding hydrogens is 310 g/mol. The smallest absolute Gasteiger partial charge is 0.253 e. The zero-order chi connectivity index (χ0) is 17.0. The molecule has 2 rings (SSSR count). The van der Waals surface area contributed by atoms with Crippen molar-refractivity contribution in [2.75, 3.05) is 20.2 Å². The number of hydrogen-bond donors (Lipinski definition) is 2. The van der Waals surface area contributed by atoms with E-state index in [0.29, 0.717) is 23.8 Å². The number of amides is 1. The van der Waals surface area contributed by atoms with Crippen molar-refractivity contribution < 1.29 is 9.53 Å². The second-order valence-electron chi connectivity index (χ2n) is 5.29. The van der Waals surface area contributed by atoms with Gasteiger partial charge in [0, 0.05) is 24.4 Å². The second kappa shape index (κ2) is 7.46. The maximum atomic E-state index is 13.0. The molecule has 6 heteroatoms. The number of hydrogen-bond acceptors (Lipinski definition) is 3. The van der Waals surface area contributed by atoms with Crippen LogP contribution in [0.3, 0.4) is 0 Å². The largest absolute Gasteiger partial charge is 0.496 e. The zero-order valence-electron chi connectivity index (χ0n) is 14.0. The number of carbonyl (C=O) groups excluding carboxylic acids is 1. The quantitative estimate of drug-likeness (QED) is 0.810. The molecule has 0 fully saturated rings. The number of nitrogens with zero attached hydrogens (tertiary/aromatic N) is 1. The first-order valence-corrected chi connectivity index (χ1v) is 8.14. The number of likely N-dealkylation sites (N-methyl/N-ethyl adjacent to an activating group) is 1. The van der Waals surface area contributed by atoms with Crippen molar-refractivity contribution in [3.05, 3.63) is 41.1 Å². The molecule has 1 amide bonds. The van der Waals surface area contributed by atoms with Crippen LogP contribution in [0, 0.1) is 0 Å². The molecule has 1 aromatic carbocycles. The third kappa shape index (κ3) is 3.47. The Bertz CT molecular complexity index is 638. The molecule has 124 valence electrons. The van der Waals surface area contributed by atoms with E-state index >= 15 is 0 Å². The number of nitrogens with one attached hydrogen (secondary N) is 2. The molecule has 1 heterocycles. The van der Waals surface area contributed by atoms with E-state index in [-0.39, 0.29) is 11.9 Å². The molecule has 0 radical (unpaired) electrons. The van der Waals surface area contributed by atoms with Gasteiger partial charge in [-0.2, -0.15) is 0 Å². The molecule has 0 aromatic heterocycles. The first kappa shape index (κ1) is 17.3. The number of methoxy groups -OCH3 is 1. The number of benzene rings is 1. The number of carbonyl (C=O) groups is 1. The third-order valence-corrected chi connectivity index (χ3v) is 4.22. The van der Waals surface area contributed by atoms with Crippen molar-refractivity contribution in [1.29, 1.82) is 0 Å². The Kier molecular flexibility index (Phi) is 5.60. The summed E-state index contributed by atoms with van der Waals surface area (Å²) in [5, 5.41) is 6.78. The van der Waals surface area contributed by atoms with Gasteiger partial charge in [0.2, 0.25) is 0 Å². The first-order chi connectivity index (χ1) is 11.0. The number of rotatable bonds is 5. The predicted octanol–water partition coefficient (Wildman–Crippen LogP) is 2.36. The summed E-state index contributed by atoms with van der Waals surface area (Å²) in [5.41, 5.74) is 2.35. The molecule has 0 aliphatic carbocycles. The Morgan fingerprint density at radius 2 is 1.96 bits per heavy atom. The average Bonchev–Trinajstić information content (AvgIpc) is 2.55. The monoisotopic (exact) mass is 333 g/mol. The van der Waals surface area contributed by atoms with Crippen molar-refractivity contribution in [2.45, 2.75) is 26.8 Å². The fourth-order valence-electron chi connectivity index (χ4n) is 2.80. The van der Waals surface area contributed by atoms with Crippen LogP contribution in [0.1, 0.15) is 32.4 Å². The zero-order valence-corrected chi connectivity index (χ0v) is 14.8. The Morgan fingerprint density at radius 1 is 1.30 bits per heavy atom. The lowest BCUT2D eigenvalue weighted by Crippen LogP contribution is -2.47. The lowest BCUT2D eigenvalue weighted by Gasteiger charge is -2.33. The summed E-state index contributed by atoms with van der Waals surface area (Å²) >= 11 is 5.28. The lowest BCUT2D eigenvalue weighted by molar-refractivity contribution is -0.127. The van der Waals surface area contributed by atoms with Crippen LogP contribution in [0.2, 0.25) is 0 Å². The number of thiocarbonyl (C=S) groups is 1. The van der Waals surface area contributed by atoms with Gasteiger partial charge in [0.05, 0.1) is 18.7 Å². The van der Waals surface area contributed by atoms with Crippen LogP contribution >= 0.6 is 12.2 Å². The second-order valence-corrected chi connectivity index (χ2v) is 5.70. The van der Waals surface area contributed by atoms with Crippen molar-refractivity contribution >= 4 is 23.2 Å². The van der Waals surface area contributed by atoms with Crippen LogP contribution in [0.5, 0.6) is 5.75 Å². The van der Waals surface area contributed by atoms with Gasteiger partial charge in [0.15, 0.2) is 5.11 Å². The van der Waals surface area contributed by atoms with Gasteiger partial charge in [-0.3, -0.25) is 4.79 Å². The minimum atomic E-state index is -0.326. The maximum Gasteiger partial charge on any atom is 0.253 e. The predicted molar refractivity (Wildman–Crippen MR) is 95.2 cm³/mol. The van der Waals surface area contributed by atoms with E-state index in [1.54, 1.807) is 12.0 Å². The summed E-state index contributed by atoms with van der Waals surface area (Å²) in [6.45, 7) is 7.16. The highest BCUT2D eigenvalue weighted by atomic mass is 32.1. The Morgan fingerprint density at radius 3 is 2.57 bits per heavy atom. The molecule has 1 atom stereocenters. The fourth-order valence-corrected chi connectivity index (χ4v) is 3.07. The molecule has 0 saturated heterocycles. The summed E-state index contributed by atoms with van der Waals surface area (Å²) in [5.74, 6) is 0.734. The molecular formula is C17H23N3O2S. The van der Waals surface area contributed by atoms with Crippen LogP contribution in [-0.4, -0.2) is 36.1 Å². The summed E-state index contributed by atoms with van der Waals surface area (Å²) in [6.07, 6.45) is 0. The number of allylic oxidation sites excluding steroid dienone is 1. The fraction of sp³-hybridized carbons (Fsp3) is 0.412. The minimum Gasteiger partial charge on any atom is -0.496 e. The van der Waals surface area contributed by atoms with Crippen molar-refractivity contribution in [1.82, 2.24) is 15.5 Å². The molecule has 1 aromatic rings. The van der Waals surface area contributed by atoms with E-state index in [0.717, 1.165) is 17.0 Å². The topological polar surface area (TPSA) is 53.6 Å². The van der Waals surface area contributed by atoms with Gasteiger partial charge >= 0.3 is 0 Å². The van der Waals surface area contributed by atoms with E-state index in [4.69, 9.17) is 17.0 Å². The highest BCUT2D eigenvalue weighted by molar-refractivity contribution is 7.80. The molecule has 0 spiro atoms. The van der Waals surface area contributed by atoms with Gasteiger partial charge in [-0.25, -0.2) is 0 Å². The highest BCUT2D eigenvalue weighted by Crippen LogP contribution is 2.33. The molecule has 0 unspecified atom stereocenters. The van der Waals surface area contributed by atoms with Gasteiger partial charge in [-0.1, -0.05) is 18.2 Å². The van der Waals surface area contributed by atoms with Crippen molar-refractivity contribution in [2.24, 2.45) is 0 Å². The summed E-state index contributed by atoms with van der Waals surface area (Å²) in [7, 11) is 1.63. The summed E-state index contributed by atoms with van der Waals surface area (Å²) in [6, 6.07) is 7.35. The number of ether oxygens (including phenoxy) is 1. The van der Waals surface area contributed by atoms with Gasteiger partial charge in [-0.05, 0) is 39.1 Å². The Hall–Kier alpha value is -2.08. The van der Waals surface area contributed by atoms with E-state index in [1.165, 1.54) is 0 Å². The molecule has 5 nitrogen and oxygen atoms in total. The molecule has 1 aliphatic rings. The van der Waals surface area contributed by atoms with Gasteiger partial charge in [0.1, 0.15) is 5.75 Å². The van der Waals surface area contributed by atoms with Crippen LogP contribution in [0.25, 0.3) is 0 Å². The van der Waals surface area contributed by atoms with Crippen LogP contribution in [0.4, 0.5) is 0 Å². The van der Waals surface area contributed by atoms with E-state index < -0.39 is 0 Å². The van der Waals surface area contributed by atoms with Gasteiger partial charge < -0.3 is 20.3 Å². The van der Waals surface area contributed by atoms with Gasteiger partial charge in [0.25, 0.3) is 5.91 Å². The van der Waals surface area contributed by atoms with E-state index in [9.17, 15) is 4.79 Å². The molecule has 0 bridgehead atoms. The minimum absolute atomic E-state index is 0.00547. The maximum absolute atomic E-state index is 13.0. The van der Waals surface area contributed by atoms with Crippen LogP contribution in [-0.2, 0) is 4.79 Å². The Labute approximate surface area is 142 Å². The van der Waals surface area contributed by atoms with E-state index in [1.807, 2.05) is 45.0 Å². The molecule has 23 heavy (non-hydrogen) atoms.